The molecule has 4 atom stereocenters. The van der Waals surface area contributed by atoms with Gasteiger partial charge in [-0.15, -0.1) is 0 Å². The fourth-order valence-corrected chi connectivity index (χ4v) is 3.77. The van der Waals surface area contributed by atoms with Crippen molar-refractivity contribution in [3.05, 3.63) is 108 Å². The van der Waals surface area contributed by atoms with Crippen LogP contribution in [0.4, 0.5) is 0 Å². The number of esters is 3. The van der Waals surface area contributed by atoms with E-state index >= 15 is 0 Å². The molecule has 0 bridgehead atoms. The highest BCUT2D eigenvalue weighted by molar-refractivity contribution is 6.22. The number of alkyl halides is 1. The third kappa shape index (κ3) is 5.86. The highest BCUT2D eigenvalue weighted by Crippen LogP contribution is 2.37. The van der Waals surface area contributed by atoms with Crippen molar-refractivity contribution in [2.75, 3.05) is 6.61 Å². The van der Waals surface area contributed by atoms with Crippen molar-refractivity contribution < 1.29 is 38.4 Å². The van der Waals surface area contributed by atoms with Crippen LogP contribution in [0, 0.1) is 0 Å². The Labute approximate surface area is 205 Å². The summed E-state index contributed by atoms with van der Waals surface area (Å²) in [6.45, 7) is -0.436. The summed E-state index contributed by atoms with van der Waals surface area (Å²) >= 11 is 6.14. The number of carbonyl (C=O) groups excluding carboxylic acids is 3. The molecule has 1 N–H and O–H groups in total. The predicted molar refractivity (Wildman–Crippen MR) is 124 cm³/mol. The largest absolute Gasteiger partial charge is 0.459 e. The van der Waals surface area contributed by atoms with Gasteiger partial charge in [0.15, 0.2) is 6.10 Å². The van der Waals surface area contributed by atoms with Crippen LogP contribution >= 0.6 is 11.6 Å². The van der Waals surface area contributed by atoms with Crippen LogP contribution in [0.1, 0.15) is 31.1 Å². The van der Waals surface area contributed by atoms with E-state index in [0.717, 1.165) is 0 Å². The lowest BCUT2D eigenvalue weighted by Crippen LogP contribution is -2.45. The minimum Gasteiger partial charge on any atom is -0.459 e. The van der Waals surface area contributed by atoms with Gasteiger partial charge >= 0.3 is 17.9 Å². The number of benzene rings is 3. The fraction of sp³-hybridized carbons (Fsp3) is 0.192. The second kappa shape index (κ2) is 10.7. The smallest absolute Gasteiger partial charge is 0.338 e. The zero-order chi connectivity index (χ0) is 24.8. The molecule has 0 radical (unpaired) electrons. The van der Waals surface area contributed by atoms with Crippen molar-refractivity contribution in [1.29, 1.82) is 0 Å². The zero-order valence-electron chi connectivity index (χ0n) is 18.3. The molecule has 8 nitrogen and oxygen atoms in total. The quantitative estimate of drug-likeness (QED) is 0.300. The predicted octanol–water partition coefficient (Wildman–Crippen LogP) is 3.58. The molecule has 4 rings (SSSR count). The summed E-state index contributed by atoms with van der Waals surface area (Å²) in [5.74, 6) is -2.25. The molecule has 35 heavy (non-hydrogen) atoms. The van der Waals surface area contributed by atoms with Crippen LogP contribution in [0.25, 0.3) is 0 Å². The molecule has 0 aromatic heterocycles. The van der Waals surface area contributed by atoms with E-state index in [2.05, 4.69) is 0 Å². The van der Waals surface area contributed by atoms with Gasteiger partial charge in [-0.3, -0.25) is 0 Å². The molecule has 0 amide bonds. The molecule has 0 saturated carbocycles. The fourth-order valence-electron chi connectivity index (χ4n) is 3.49. The molecular formula is C26H21ClO8. The lowest BCUT2D eigenvalue weighted by atomic mass is 10.1. The molecule has 3 aromatic rings. The molecule has 1 unspecified atom stereocenters. The van der Waals surface area contributed by atoms with Crippen LogP contribution in [0.2, 0.25) is 0 Å². The van der Waals surface area contributed by atoms with Gasteiger partial charge in [-0.05, 0) is 36.4 Å². The van der Waals surface area contributed by atoms with E-state index in [0.29, 0.717) is 0 Å². The number of rotatable bonds is 7. The summed E-state index contributed by atoms with van der Waals surface area (Å²) in [6, 6.07) is 24.3. The van der Waals surface area contributed by atoms with E-state index in [1.807, 2.05) is 0 Å². The molecule has 180 valence electrons. The Morgan fingerprint density at radius 3 is 1.66 bits per heavy atom. The molecule has 1 aliphatic rings. The molecular weight excluding hydrogens is 476 g/mol. The van der Waals surface area contributed by atoms with Gasteiger partial charge in [-0.1, -0.05) is 66.2 Å². The maximum atomic E-state index is 12.8. The Kier molecular flexibility index (Phi) is 7.45. The average molecular weight is 497 g/mol. The molecule has 9 heteroatoms. The molecule has 0 spiro atoms. The maximum absolute atomic E-state index is 12.8. The second-order valence-electron chi connectivity index (χ2n) is 7.66. The first-order valence-corrected chi connectivity index (χ1v) is 11.1. The highest BCUT2D eigenvalue weighted by atomic mass is 35.5. The topological polar surface area (TPSA) is 108 Å². The van der Waals surface area contributed by atoms with Gasteiger partial charge in [0.05, 0.1) is 16.7 Å². The standard InChI is InChI=1S/C26H21ClO8/c27-26(31)22(34-25(30)19-14-8-3-9-15-19)21(33-24(29)18-12-6-2-7-13-18)20(35-26)16-32-23(28)17-10-4-1-5-11-17/h1-15,20-22,31H,16H2/t20-,21-,22-,26?/m1/s1. The molecule has 1 heterocycles. The molecule has 0 aliphatic carbocycles. The van der Waals surface area contributed by atoms with E-state index in [9.17, 15) is 19.5 Å². The first kappa shape index (κ1) is 24.4. The van der Waals surface area contributed by atoms with Crippen molar-refractivity contribution in [2.24, 2.45) is 0 Å². The summed E-state index contributed by atoms with van der Waals surface area (Å²) < 4.78 is 21.7. The summed E-state index contributed by atoms with van der Waals surface area (Å²) in [6.07, 6.45) is -4.24. The Hall–Kier alpha value is -3.72. The number of aliphatic hydroxyl groups is 1. The number of ether oxygens (including phenoxy) is 4. The molecule has 1 fully saturated rings. The van der Waals surface area contributed by atoms with Crippen LogP contribution < -0.4 is 0 Å². The monoisotopic (exact) mass is 496 g/mol. The van der Waals surface area contributed by atoms with Crippen molar-refractivity contribution in [3.8, 4) is 0 Å². The van der Waals surface area contributed by atoms with Crippen molar-refractivity contribution >= 4 is 29.5 Å². The van der Waals surface area contributed by atoms with Crippen LogP contribution in [-0.2, 0) is 18.9 Å². The highest BCUT2D eigenvalue weighted by Gasteiger charge is 2.59. The van der Waals surface area contributed by atoms with Gasteiger partial charge in [0.25, 0.3) is 5.25 Å². The van der Waals surface area contributed by atoms with Gasteiger partial charge in [-0.25, -0.2) is 14.4 Å². The molecule has 3 aromatic carbocycles. The van der Waals surface area contributed by atoms with Crippen LogP contribution in [0.5, 0.6) is 0 Å². The Morgan fingerprint density at radius 2 is 1.17 bits per heavy atom. The molecule has 1 aliphatic heterocycles. The van der Waals surface area contributed by atoms with E-state index in [1.54, 1.807) is 66.7 Å². The Bertz CT molecular complexity index is 1170. The minimum absolute atomic E-state index is 0.187. The SMILES string of the molecule is O=C(OC[C@H]1OC(O)(Cl)[C@H](OC(=O)c2ccccc2)[C@@H]1OC(=O)c1ccccc1)c1ccccc1. The number of carbonyl (C=O) groups is 3. The number of halogens is 1. The zero-order valence-corrected chi connectivity index (χ0v) is 19.0. The lowest BCUT2D eigenvalue weighted by molar-refractivity contribution is -0.170. The van der Waals surface area contributed by atoms with Crippen molar-refractivity contribution in [3.63, 3.8) is 0 Å². The van der Waals surface area contributed by atoms with Gasteiger partial charge < -0.3 is 24.1 Å². The van der Waals surface area contributed by atoms with Gasteiger partial charge in [0, 0.05) is 0 Å². The average Bonchev–Trinajstić information content (AvgIpc) is 3.12. The van der Waals surface area contributed by atoms with Crippen LogP contribution in [-0.4, -0.2) is 53.2 Å². The first-order chi connectivity index (χ1) is 16.8. The normalized spacial score (nSPS) is 23.3. The summed E-state index contributed by atoms with van der Waals surface area (Å²) in [7, 11) is 0. The van der Waals surface area contributed by atoms with Crippen LogP contribution in [0.3, 0.4) is 0 Å². The summed E-state index contributed by atoms with van der Waals surface area (Å²) in [5, 5.41) is 8.15. The lowest BCUT2D eigenvalue weighted by Gasteiger charge is -2.25. The van der Waals surface area contributed by atoms with E-state index in [1.165, 1.54) is 24.3 Å². The summed E-state index contributed by atoms with van der Waals surface area (Å²) in [4.78, 5) is 37.8. The maximum Gasteiger partial charge on any atom is 0.338 e. The van der Waals surface area contributed by atoms with E-state index < -0.39 is 48.1 Å². The van der Waals surface area contributed by atoms with E-state index in [4.69, 9.17) is 30.5 Å². The third-order valence-electron chi connectivity index (χ3n) is 5.22. The van der Waals surface area contributed by atoms with Gasteiger partial charge in [0.1, 0.15) is 12.7 Å². The van der Waals surface area contributed by atoms with Gasteiger partial charge in [0.2, 0.25) is 6.10 Å². The summed E-state index contributed by atoms with van der Waals surface area (Å²) in [5.41, 5.74) is 0.689. The van der Waals surface area contributed by atoms with Crippen molar-refractivity contribution in [1.82, 2.24) is 0 Å². The van der Waals surface area contributed by atoms with Crippen LogP contribution in [0.15, 0.2) is 91.0 Å². The minimum atomic E-state index is -2.55. The number of hydrogen-bond acceptors (Lipinski definition) is 8. The molecule has 1 saturated heterocycles. The number of hydrogen-bond donors (Lipinski definition) is 1. The van der Waals surface area contributed by atoms with Gasteiger partial charge in [-0.2, -0.15) is 0 Å². The Morgan fingerprint density at radius 1 is 0.743 bits per heavy atom. The second-order valence-corrected chi connectivity index (χ2v) is 8.20. The Balaban J connectivity index is 1.55. The van der Waals surface area contributed by atoms with E-state index in [-0.39, 0.29) is 16.7 Å². The third-order valence-corrected chi connectivity index (χ3v) is 5.52. The first-order valence-electron chi connectivity index (χ1n) is 10.7. The van der Waals surface area contributed by atoms with Crippen molar-refractivity contribution in [2.45, 2.75) is 23.6 Å².